The summed E-state index contributed by atoms with van der Waals surface area (Å²) in [7, 11) is 0. The van der Waals surface area contributed by atoms with Crippen LogP contribution in [0.5, 0.6) is 0 Å². The Hall–Kier alpha value is -3.58. The molecule has 3 aromatic rings. The molecule has 0 aliphatic rings. The SMILES string of the molecule is CC(C)C(NC(=O)c1ccccc1Cl)C(=O)Nc1ccc(NC(=O)c2ccco2)cc1. The van der Waals surface area contributed by atoms with E-state index in [1.165, 1.54) is 6.26 Å². The van der Waals surface area contributed by atoms with E-state index >= 15 is 0 Å². The Morgan fingerprint density at radius 3 is 2.06 bits per heavy atom. The summed E-state index contributed by atoms with van der Waals surface area (Å²) in [5.41, 5.74) is 1.38. The second kappa shape index (κ2) is 9.95. The maximum Gasteiger partial charge on any atom is 0.291 e. The summed E-state index contributed by atoms with van der Waals surface area (Å²) in [5.74, 6) is -1.10. The number of amides is 3. The number of rotatable bonds is 7. The zero-order chi connectivity index (χ0) is 22.4. The standard InChI is InChI=1S/C23H22ClN3O4/c1-14(2)20(27-21(28)17-6-3-4-7-18(17)24)23(30)26-16-11-9-15(10-12-16)25-22(29)19-8-5-13-31-19/h3-14,20H,1-2H3,(H,25,29)(H,26,30)(H,27,28). The molecule has 1 unspecified atom stereocenters. The molecule has 3 rings (SSSR count). The number of halogens is 1. The van der Waals surface area contributed by atoms with Crippen molar-refractivity contribution in [3.05, 3.63) is 83.3 Å². The van der Waals surface area contributed by atoms with E-state index in [4.69, 9.17) is 16.0 Å². The molecule has 1 heterocycles. The Morgan fingerprint density at radius 2 is 1.48 bits per heavy atom. The highest BCUT2D eigenvalue weighted by Crippen LogP contribution is 2.18. The Labute approximate surface area is 184 Å². The largest absolute Gasteiger partial charge is 0.459 e. The lowest BCUT2D eigenvalue weighted by Crippen LogP contribution is -2.47. The van der Waals surface area contributed by atoms with Crippen LogP contribution in [0.15, 0.2) is 71.3 Å². The molecule has 0 aliphatic heterocycles. The van der Waals surface area contributed by atoms with Crippen molar-refractivity contribution in [1.29, 1.82) is 0 Å². The van der Waals surface area contributed by atoms with Crippen LogP contribution in [0.3, 0.4) is 0 Å². The third-order valence-corrected chi connectivity index (χ3v) is 4.84. The molecule has 1 atom stereocenters. The van der Waals surface area contributed by atoms with E-state index in [1.807, 2.05) is 13.8 Å². The Bertz CT molecular complexity index is 1060. The fourth-order valence-corrected chi connectivity index (χ4v) is 3.08. The first-order valence-corrected chi connectivity index (χ1v) is 10.0. The molecule has 0 radical (unpaired) electrons. The number of hydrogen-bond acceptors (Lipinski definition) is 4. The molecule has 2 aromatic carbocycles. The first kappa shape index (κ1) is 22.1. The lowest BCUT2D eigenvalue weighted by atomic mass is 10.0. The van der Waals surface area contributed by atoms with Crippen molar-refractivity contribution in [3.8, 4) is 0 Å². The van der Waals surface area contributed by atoms with Crippen molar-refractivity contribution in [2.75, 3.05) is 10.6 Å². The molecule has 0 saturated carbocycles. The molecule has 7 nitrogen and oxygen atoms in total. The highest BCUT2D eigenvalue weighted by atomic mass is 35.5. The molecule has 3 N–H and O–H groups in total. The number of benzene rings is 2. The summed E-state index contributed by atoms with van der Waals surface area (Å²) in [6, 6.07) is 15.7. The van der Waals surface area contributed by atoms with Gasteiger partial charge in [0.05, 0.1) is 16.8 Å². The van der Waals surface area contributed by atoms with Gasteiger partial charge in [0.2, 0.25) is 5.91 Å². The van der Waals surface area contributed by atoms with Crippen LogP contribution in [0.1, 0.15) is 34.8 Å². The topological polar surface area (TPSA) is 100 Å². The van der Waals surface area contributed by atoms with Crippen molar-refractivity contribution in [3.63, 3.8) is 0 Å². The van der Waals surface area contributed by atoms with Gasteiger partial charge in [-0.15, -0.1) is 0 Å². The fraction of sp³-hybridized carbons (Fsp3) is 0.174. The smallest absolute Gasteiger partial charge is 0.291 e. The van der Waals surface area contributed by atoms with E-state index in [-0.39, 0.29) is 23.5 Å². The maximum absolute atomic E-state index is 12.8. The molecular formula is C23H22ClN3O4. The number of carbonyl (C=O) groups excluding carboxylic acids is 3. The molecule has 0 fully saturated rings. The van der Waals surface area contributed by atoms with Gasteiger partial charge in [-0.25, -0.2) is 0 Å². The van der Waals surface area contributed by atoms with E-state index in [0.29, 0.717) is 22.0 Å². The van der Waals surface area contributed by atoms with Gasteiger partial charge in [0.25, 0.3) is 11.8 Å². The molecule has 0 bridgehead atoms. The van der Waals surface area contributed by atoms with Crippen molar-refractivity contribution in [2.24, 2.45) is 5.92 Å². The van der Waals surface area contributed by atoms with Crippen LogP contribution in [0.2, 0.25) is 5.02 Å². The van der Waals surface area contributed by atoms with Crippen molar-refractivity contribution in [2.45, 2.75) is 19.9 Å². The molecule has 31 heavy (non-hydrogen) atoms. The van der Waals surface area contributed by atoms with Crippen LogP contribution < -0.4 is 16.0 Å². The predicted molar refractivity (Wildman–Crippen MR) is 119 cm³/mol. The second-order valence-electron chi connectivity index (χ2n) is 7.17. The number of hydrogen-bond donors (Lipinski definition) is 3. The number of nitrogens with one attached hydrogen (secondary N) is 3. The molecule has 1 aromatic heterocycles. The van der Waals surface area contributed by atoms with Gasteiger partial charge >= 0.3 is 0 Å². The van der Waals surface area contributed by atoms with Crippen LogP contribution in [0.4, 0.5) is 11.4 Å². The van der Waals surface area contributed by atoms with Crippen LogP contribution in [0, 0.1) is 5.92 Å². The molecule has 3 amide bonds. The highest BCUT2D eigenvalue weighted by molar-refractivity contribution is 6.33. The van der Waals surface area contributed by atoms with E-state index in [2.05, 4.69) is 16.0 Å². The van der Waals surface area contributed by atoms with E-state index in [9.17, 15) is 14.4 Å². The summed E-state index contributed by atoms with van der Waals surface area (Å²) in [4.78, 5) is 37.4. The fourth-order valence-electron chi connectivity index (χ4n) is 2.86. The minimum absolute atomic E-state index is 0.154. The van der Waals surface area contributed by atoms with Crippen molar-refractivity contribution >= 4 is 40.7 Å². The van der Waals surface area contributed by atoms with Crippen molar-refractivity contribution < 1.29 is 18.8 Å². The molecule has 160 valence electrons. The minimum Gasteiger partial charge on any atom is -0.459 e. The summed E-state index contributed by atoms with van der Waals surface area (Å²) in [6.45, 7) is 3.68. The van der Waals surface area contributed by atoms with Gasteiger partial charge in [0.1, 0.15) is 6.04 Å². The van der Waals surface area contributed by atoms with Gasteiger partial charge in [-0.05, 0) is 54.4 Å². The van der Waals surface area contributed by atoms with Crippen LogP contribution in [-0.2, 0) is 4.79 Å². The number of carbonyl (C=O) groups is 3. The molecular weight excluding hydrogens is 418 g/mol. The first-order chi connectivity index (χ1) is 14.8. The normalized spacial score (nSPS) is 11.6. The summed E-state index contributed by atoms with van der Waals surface area (Å²) in [6.07, 6.45) is 1.42. The summed E-state index contributed by atoms with van der Waals surface area (Å²) < 4.78 is 5.05. The lowest BCUT2D eigenvalue weighted by molar-refractivity contribution is -0.118. The van der Waals surface area contributed by atoms with E-state index in [0.717, 1.165) is 0 Å². The van der Waals surface area contributed by atoms with Crippen LogP contribution in [-0.4, -0.2) is 23.8 Å². The van der Waals surface area contributed by atoms with Crippen LogP contribution >= 0.6 is 11.6 Å². The average molecular weight is 440 g/mol. The summed E-state index contributed by atoms with van der Waals surface area (Å²) in [5, 5.41) is 8.54. The second-order valence-corrected chi connectivity index (χ2v) is 7.58. The lowest BCUT2D eigenvalue weighted by Gasteiger charge is -2.22. The average Bonchev–Trinajstić information content (AvgIpc) is 3.28. The maximum atomic E-state index is 12.8. The summed E-state index contributed by atoms with van der Waals surface area (Å²) >= 11 is 6.08. The molecule has 0 aliphatic carbocycles. The zero-order valence-electron chi connectivity index (χ0n) is 17.0. The number of furan rings is 1. The van der Waals surface area contributed by atoms with Gasteiger partial charge in [-0.2, -0.15) is 0 Å². The minimum atomic E-state index is -0.762. The van der Waals surface area contributed by atoms with Gasteiger partial charge in [0, 0.05) is 11.4 Å². The van der Waals surface area contributed by atoms with Gasteiger partial charge < -0.3 is 20.4 Å². The van der Waals surface area contributed by atoms with Crippen LogP contribution in [0.25, 0.3) is 0 Å². The molecule has 8 heteroatoms. The van der Waals surface area contributed by atoms with Gasteiger partial charge in [-0.1, -0.05) is 37.6 Å². The van der Waals surface area contributed by atoms with Crippen molar-refractivity contribution in [1.82, 2.24) is 5.32 Å². The Morgan fingerprint density at radius 1 is 0.839 bits per heavy atom. The van der Waals surface area contributed by atoms with E-state index in [1.54, 1.807) is 60.7 Å². The monoisotopic (exact) mass is 439 g/mol. The number of anilines is 2. The highest BCUT2D eigenvalue weighted by Gasteiger charge is 2.25. The van der Waals surface area contributed by atoms with Gasteiger partial charge in [0.15, 0.2) is 5.76 Å². The van der Waals surface area contributed by atoms with Gasteiger partial charge in [-0.3, -0.25) is 14.4 Å². The van der Waals surface area contributed by atoms with E-state index < -0.39 is 11.9 Å². The quantitative estimate of drug-likeness (QED) is 0.501. The first-order valence-electron chi connectivity index (χ1n) is 9.66. The predicted octanol–water partition coefficient (Wildman–Crippen LogP) is 4.58. The Balaban J connectivity index is 1.63. The Kier molecular flexibility index (Phi) is 7.10. The third kappa shape index (κ3) is 5.73. The molecule has 0 spiro atoms. The third-order valence-electron chi connectivity index (χ3n) is 4.51. The molecule has 0 saturated heterocycles. The zero-order valence-corrected chi connectivity index (χ0v) is 17.8.